The van der Waals surface area contributed by atoms with Gasteiger partial charge in [0.2, 0.25) is 0 Å². The van der Waals surface area contributed by atoms with Gasteiger partial charge in [-0.2, -0.15) is 0 Å². The van der Waals surface area contributed by atoms with E-state index in [-0.39, 0.29) is 12.6 Å². The van der Waals surface area contributed by atoms with Crippen LogP contribution in [0.15, 0.2) is 24.3 Å². The molecule has 0 spiro atoms. The van der Waals surface area contributed by atoms with Gasteiger partial charge in [-0.3, -0.25) is 4.79 Å². The summed E-state index contributed by atoms with van der Waals surface area (Å²) in [6.07, 6.45) is 0.941. The number of ether oxygens (including phenoxy) is 3. The zero-order valence-electron chi connectivity index (χ0n) is 11.6. The molecule has 19 heavy (non-hydrogen) atoms. The van der Waals surface area contributed by atoms with Crippen molar-refractivity contribution in [1.29, 1.82) is 0 Å². The molecule has 0 aliphatic heterocycles. The van der Waals surface area contributed by atoms with Gasteiger partial charge in [-0.15, -0.1) is 0 Å². The van der Waals surface area contributed by atoms with Gasteiger partial charge in [-0.25, -0.2) is 0 Å². The maximum atomic E-state index is 11.6. The third kappa shape index (κ3) is 5.18. The van der Waals surface area contributed by atoms with E-state index in [9.17, 15) is 4.79 Å². The first kappa shape index (κ1) is 15.3. The van der Waals surface area contributed by atoms with Crippen molar-refractivity contribution in [2.45, 2.75) is 19.4 Å². The van der Waals surface area contributed by atoms with Crippen LogP contribution in [0.25, 0.3) is 0 Å². The van der Waals surface area contributed by atoms with E-state index in [1.54, 1.807) is 19.2 Å². The molecule has 0 saturated heterocycles. The average Bonchev–Trinajstić information content (AvgIpc) is 2.47. The lowest BCUT2D eigenvalue weighted by molar-refractivity contribution is -0.143. The van der Waals surface area contributed by atoms with Gasteiger partial charge >= 0.3 is 5.97 Å². The van der Waals surface area contributed by atoms with E-state index < -0.39 is 6.04 Å². The van der Waals surface area contributed by atoms with Crippen LogP contribution in [-0.4, -0.2) is 39.4 Å². The number of rotatable bonds is 8. The van der Waals surface area contributed by atoms with Gasteiger partial charge in [0.15, 0.2) is 0 Å². The highest BCUT2D eigenvalue weighted by atomic mass is 16.5. The van der Waals surface area contributed by atoms with Crippen molar-refractivity contribution in [1.82, 2.24) is 5.32 Å². The number of carbonyl (C=O) groups is 1. The number of esters is 1. The van der Waals surface area contributed by atoms with Crippen LogP contribution in [-0.2, 0) is 9.53 Å². The normalized spacial score (nSPS) is 11.7. The first-order valence-corrected chi connectivity index (χ1v) is 6.29. The SMILES string of the molecule is CCCNC(COc1ccc(OC)cc1)C(=O)OC. The van der Waals surface area contributed by atoms with Crippen LogP contribution in [0.2, 0.25) is 0 Å². The summed E-state index contributed by atoms with van der Waals surface area (Å²) in [6, 6.07) is 6.76. The van der Waals surface area contributed by atoms with Crippen molar-refractivity contribution < 1.29 is 19.0 Å². The van der Waals surface area contributed by atoms with Crippen LogP contribution in [0.4, 0.5) is 0 Å². The van der Waals surface area contributed by atoms with E-state index in [0.717, 1.165) is 18.7 Å². The van der Waals surface area contributed by atoms with Crippen molar-refractivity contribution in [3.05, 3.63) is 24.3 Å². The van der Waals surface area contributed by atoms with Crippen molar-refractivity contribution in [3.8, 4) is 11.5 Å². The second-order valence-electron chi connectivity index (χ2n) is 4.02. The largest absolute Gasteiger partial charge is 0.497 e. The Labute approximate surface area is 113 Å². The molecule has 1 unspecified atom stereocenters. The maximum absolute atomic E-state index is 11.6. The quantitative estimate of drug-likeness (QED) is 0.725. The minimum Gasteiger partial charge on any atom is -0.497 e. The highest BCUT2D eigenvalue weighted by Crippen LogP contribution is 2.17. The molecule has 0 heterocycles. The topological polar surface area (TPSA) is 56.8 Å². The van der Waals surface area contributed by atoms with Gasteiger partial charge < -0.3 is 19.5 Å². The smallest absolute Gasteiger partial charge is 0.326 e. The van der Waals surface area contributed by atoms with Gasteiger partial charge in [-0.05, 0) is 37.2 Å². The van der Waals surface area contributed by atoms with Crippen LogP contribution in [0, 0.1) is 0 Å². The first-order valence-electron chi connectivity index (χ1n) is 6.29. The Morgan fingerprint density at radius 1 is 1.21 bits per heavy atom. The molecule has 0 aliphatic carbocycles. The van der Waals surface area contributed by atoms with Crippen molar-refractivity contribution in [2.75, 3.05) is 27.4 Å². The molecule has 5 nitrogen and oxygen atoms in total. The molecule has 1 atom stereocenters. The van der Waals surface area contributed by atoms with E-state index in [1.807, 2.05) is 19.1 Å². The lowest BCUT2D eigenvalue weighted by Crippen LogP contribution is -2.42. The molecule has 5 heteroatoms. The van der Waals surface area contributed by atoms with E-state index in [1.165, 1.54) is 7.11 Å². The van der Waals surface area contributed by atoms with Crippen LogP contribution < -0.4 is 14.8 Å². The number of methoxy groups -OCH3 is 2. The van der Waals surface area contributed by atoms with Crippen LogP contribution in [0.3, 0.4) is 0 Å². The van der Waals surface area contributed by atoms with Crippen molar-refractivity contribution in [3.63, 3.8) is 0 Å². The van der Waals surface area contributed by atoms with E-state index in [0.29, 0.717) is 5.75 Å². The Hall–Kier alpha value is -1.75. The molecular weight excluding hydrogens is 246 g/mol. The fraction of sp³-hybridized carbons (Fsp3) is 0.500. The monoisotopic (exact) mass is 267 g/mol. The van der Waals surface area contributed by atoms with Crippen molar-refractivity contribution in [2.24, 2.45) is 0 Å². The summed E-state index contributed by atoms with van der Waals surface area (Å²) in [5, 5.41) is 3.09. The molecule has 1 N–H and O–H groups in total. The Morgan fingerprint density at radius 3 is 2.37 bits per heavy atom. The first-order chi connectivity index (χ1) is 9.21. The minimum absolute atomic E-state index is 0.235. The van der Waals surface area contributed by atoms with Crippen LogP contribution in [0.1, 0.15) is 13.3 Å². The van der Waals surface area contributed by atoms with E-state index in [4.69, 9.17) is 14.2 Å². The van der Waals surface area contributed by atoms with E-state index in [2.05, 4.69) is 5.32 Å². The van der Waals surface area contributed by atoms with Crippen molar-refractivity contribution >= 4 is 5.97 Å². The molecule has 1 aromatic carbocycles. The highest BCUT2D eigenvalue weighted by molar-refractivity contribution is 5.75. The Morgan fingerprint density at radius 2 is 1.84 bits per heavy atom. The Balaban J connectivity index is 2.51. The predicted molar refractivity (Wildman–Crippen MR) is 72.6 cm³/mol. The highest BCUT2D eigenvalue weighted by Gasteiger charge is 2.18. The summed E-state index contributed by atoms with van der Waals surface area (Å²) in [6.45, 7) is 3.01. The number of nitrogens with one attached hydrogen (secondary N) is 1. The number of carbonyl (C=O) groups excluding carboxylic acids is 1. The Kier molecular flexibility index (Phi) is 6.74. The molecule has 106 valence electrons. The Bertz CT molecular complexity index is 378. The lowest BCUT2D eigenvalue weighted by Gasteiger charge is -2.16. The molecule has 1 aromatic rings. The van der Waals surface area contributed by atoms with E-state index >= 15 is 0 Å². The van der Waals surface area contributed by atoms with Gasteiger partial charge in [0.25, 0.3) is 0 Å². The minimum atomic E-state index is -0.452. The summed E-state index contributed by atoms with van der Waals surface area (Å²) >= 11 is 0. The fourth-order valence-electron chi connectivity index (χ4n) is 1.52. The van der Waals surface area contributed by atoms with Gasteiger partial charge in [0, 0.05) is 0 Å². The molecular formula is C14H21NO4. The molecule has 0 aromatic heterocycles. The second-order valence-corrected chi connectivity index (χ2v) is 4.02. The van der Waals surface area contributed by atoms with Gasteiger partial charge in [0.05, 0.1) is 14.2 Å². The molecule has 0 aliphatic rings. The van der Waals surface area contributed by atoms with Gasteiger partial charge in [0.1, 0.15) is 24.1 Å². The lowest BCUT2D eigenvalue weighted by atomic mass is 10.3. The number of hydrogen-bond donors (Lipinski definition) is 1. The standard InChI is InChI=1S/C14H21NO4/c1-4-9-15-13(14(16)18-3)10-19-12-7-5-11(17-2)6-8-12/h5-8,13,15H,4,9-10H2,1-3H3. The van der Waals surface area contributed by atoms with Gasteiger partial charge in [-0.1, -0.05) is 6.92 Å². The summed E-state index contributed by atoms with van der Waals surface area (Å²) in [7, 11) is 2.98. The van der Waals surface area contributed by atoms with Crippen LogP contribution >= 0.6 is 0 Å². The summed E-state index contributed by atoms with van der Waals surface area (Å²) in [4.78, 5) is 11.6. The molecule has 0 saturated carbocycles. The molecule has 0 amide bonds. The van der Waals surface area contributed by atoms with Crippen LogP contribution in [0.5, 0.6) is 11.5 Å². The molecule has 1 rings (SSSR count). The fourth-order valence-corrected chi connectivity index (χ4v) is 1.52. The second kappa shape index (κ2) is 8.37. The summed E-state index contributed by atoms with van der Waals surface area (Å²) in [5.41, 5.74) is 0. The molecule has 0 fully saturated rings. The third-order valence-electron chi connectivity index (χ3n) is 2.60. The third-order valence-corrected chi connectivity index (χ3v) is 2.60. The zero-order chi connectivity index (χ0) is 14.1. The average molecular weight is 267 g/mol. The maximum Gasteiger partial charge on any atom is 0.326 e. The molecule has 0 radical (unpaired) electrons. The number of hydrogen-bond acceptors (Lipinski definition) is 5. The number of benzene rings is 1. The summed E-state index contributed by atoms with van der Waals surface area (Å²) in [5.74, 6) is 1.14. The summed E-state index contributed by atoms with van der Waals surface area (Å²) < 4.78 is 15.4. The molecule has 0 bridgehead atoms. The zero-order valence-corrected chi connectivity index (χ0v) is 11.6. The predicted octanol–water partition coefficient (Wildman–Crippen LogP) is 1.62.